The molecule has 1 rings (SSSR count). The number of likely N-dealkylation sites (tertiary alicyclic amines) is 1. The van der Waals surface area contributed by atoms with E-state index in [1.807, 2.05) is 43.9 Å². The molecular formula is C16H25NO3. The number of carboxylic acid groups (broad SMARTS) is 1. The lowest BCUT2D eigenvalue weighted by molar-refractivity contribution is -0.144. The SMILES string of the molecule is C/C=C\C=C(/C)[C@H](C)N1CC[C@@H](CCC=O)[C@H]1C(=O)O. The predicted octanol–water partition coefficient (Wildman–Crippen LogP) is 2.65. The minimum Gasteiger partial charge on any atom is -0.480 e. The molecule has 0 aromatic heterocycles. The number of carbonyl (C=O) groups excluding carboxylic acids is 1. The number of rotatable bonds is 7. The third kappa shape index (κ3) is 4.04. The lowest BCUT2D eigenvalue weighted by Gasteiger charge is -2.30. The fourth-order valence-corrected chi connectivity index (χ4v) is 2.89. The first-order chi connectivity index (χ1) is 9.52. The fourth-order valence-electron chi connectivity index (χ4n) is 2.89. The molecule has 4 heteroatoms. The van der Waals surface area contributed by atoms with Gasteiger partial charge in [-0.25, -0.2) is 0 Å². The maximum absolute atomic E-state index is 11.6. The van der Waals surface area contributed by atoms with Crippen molar-refractivity contribution in [1.82, 2.24) is 4.90 Å². The maximum atomic E-state index is 11.6. The molecule has 20 heavy (non-hydrogen) atoms. The Labute approximate surface area is 121 Å². The average molecular weight is 279 g/mol. The molecule has 0 unspecified atom stereocenters. The maximum Gasteiger partial charge on any atom is 0.321 e. The van der Waals surface area contributed by atoms with Crippen molar-refractivity contribution in [3.05, 3.63) is 23.8 Å². The van der Waals surface area contributed by atoms with Crippen molar-refractivity contribution >= 4 is 12.3 Å². The van der Waals surface area contributed by atoms with Crippen molar-refractivity contribution in [3.63, 3.8) is 0 Å². The van der Waals surface area contributed by atoms with Crippen molar-refractivity contribution in [1.29, 1.82) is 0 Å². The van der Waals surface area contributed by atoms with Gasteiger partial charge in [0.1, 0.15) is 12.3 Å². The normalized spacial score (nSPS) is 26.1. The van der Waals surface area contributed by atoms with Crippen molar-refractivity contribution in [2.45, 2.75) is 52.1 Å². The van der Waals surface area contributed by atoms with Gasteiger partial charge in [-0.2, -0.15) is 0 Å². The Morgan fingerprint density at radius 3 is 2.75 bits per heavy atom. The third-order valence-electron chi connectivity index (χ3n) is 4.18. The molecule has 1 saturated heterocycles. The van der Waals surface area contributed by atoms with E-state index in [4.69, 9.17) is 0 Å². The Kier molecular flexibility index (Phi) is 6.65. The van der Waals surface area contributed by atoms with Crippen LogP contribution >= 0.6 is 0 Å². The van der Waals surface area contributed by atoms with Gasteiger partial charge in [0, 0.05) is 12.5 Å². The van der Waals surface area contributed by atoms with Crippen LogP contribution in [-0.4, -0.2) is 40.9 Å². The molecular weight excluding hydrogens is 254 g/mol. The first kappa shape index (κ1) is 16.6. The topological polar surface area (TPSA) is 57.6 Å². The summed E-state index contributed by atoms with van der Waals surface area (Å²) in [4.78, 5) is 24.1. The summed E-state index contributed by atoms with van der Waals surface area (Å²) in [6.45, 7) is 6.82. The molecule has 0 amide bonds. The highest BCUT2D eigenvalue weighted by Crippen LogP contribution is 2.31. The van der Waals surface area contributed by atoms with Gasteiger partial charge in [-0.05, 0) is 46.1 Å². The Balaban J connectivity index is 2.83. The smallest absolute Gasteiger partial charge is 0.321 e. The number of nitrogens with zero attached hydrogens (tertiary/aromatic N) is 1. The monoisotopic (exact) mass is 279 g/mol. The molecule has 1 fully saturated rings. The Hall–Kier alpha value is -1.42. The van der Waals surface area contributed by atoms with Gasteiger partial charge in [-0.15, -0.1) is 0 Å². The standard InChI is InChI=1S/C16H25NO3/c1-4-5-7-12(2)13(3)17-10-9-14(8-6-11-18)15(17)16(19)20/h4-5,7,11,13-15H,6,8-10H2,1-3H3,(H,19,20)/b5-4-,12-7+/t13-,14+,15-/m0/s1. The molecule has 1 N–H and O–H groups in total. The lowest BCUT2D eigenvalue weighted by atomic mass is 9.94. The summed E-state index contributed by atoms with van der Waals surface area (Å²) in [6.07, 6.45) is 8.81. The van der Waals surface area contributed by atoms with Crippen LogP contribution in [0, 0.1) is 5.92 Å². The van der Waals surface area contributed by atoms with E-state index < -0.39 is 12.0 Å². The summed E-state index contributed by atoms with van der Waals surface area (Å²) in [5, 5.41) is 9.50. The zero-order valence-electron chi connectivity index (χ0n) is 12.6. The quantitative estimate of drug-likeness (QED) is 0.575. The lowest BCUT2D eigenvalue weighted by Crippen LogP contribution is -2.45. The summed E-state index contributed by atoms with van der Waals surface area (Å²) in [7, 11) is 0. The van der Waals surface area contributed by atoms with E-state index in [-0.39, 0.29) is 12.0 Å². The third-order valence-corrected chi connectivity index (χ3v) is 4.18. The van der Waals surface area contributed by atoms with Crippen LogP contribution in [0.25, 0.3) is 0 Å². The number of carbonyl (C=O) groups is 2. The number of aldehydes is 1. The van der Waals surface area contributed by atoms with E-state index in [9.17, 15) is 14.7 Å². The van der Waals surface area contributed by atoms with Crippen LogP contribution in [0.1, 0.15) is 40.0 Å². The molecule has 3 atom stereocenters. The van der Waals surface area contributed by atoms with E-state index in [2.05, 4.69) is 0 Å². The molecule has 0 radical (unpaired) electrons. The van der Waals surface area contributed by atoms with Crippen LogP contribution in [0.2, 0.25) is 0 Å². The van der Waals surface area contributed by atoms with Crippen LogP contribution in [0.5, 0.6) is 0 Å². The van der Waals surface area contributed by atoms with Crippen LogP contribution in [0.4, 0.5) is 0 Å². The highest BCUT2D eigenvalue weighted by atomic mass is 16.4. The molecule has 0 aromatic carbocycles. The van der Waals surface area contributed by atoms with Gasteiger partial charge in [0.2, 0.25) is 0 Å². The molecule has 0 spiro atoms. The molecule has 4 nitrogen and oxygen atoms in total. The van der Waals surface area contributed by atoms with E-state index in [1.165, 1.54) is 0 Å². The van der Waals surface area contributed by atoms with Gasteiger partial charge < -0.3 is 9.90 Å². The molecule has 1 aliphatic heterocycles. The van der Waals surface area contributed by atoms with Gasteiger partial charge in [-0.1, -0.05) is 23.8 Å². The van der Waals surface area contributed by atoms with E-state index in [0.717, 1.165) is 24.8 Å². The summed E-state index contributed by atoms with van der Waals surface area (Å²) >= 11 is 0. The molecule has 0 bridgehead atoms. The molecule has 0 saturated carbocycles. The predicted molar refractivity (Wildman–Crippen MR) is 79.6 cm³/mol. The molecule has 0 aromatic rings. The first-order valence-electron chi connectivity index (χ1n) is 7.24. The summed E-state index contributed by atoms with van der Waals surface area (Å²) in [5.74, 6) is -0.696. The fraction of sp³-hybridized carbons (Fsp3) is 0.625. The Morgan fingerprint density at radius 1 is 1.50 bits per heavy atom. The second-order valence-electron chi connectivity index (χ2n) is 5.43. The summed E-state index contributed by atoms with van der Waals surface area (Å²) in [6, 6.07) is -0.368. The average Bonchev–Trinajstić information content (AvgIpc) is 2.85. The van der Waals surface area contributed by atoms with Gasteiger partial charge in [-0.3, -0.25) is 9.69 Å². The van der Waals surface area contributed by atoms with Crippen LogP contribution in [-0.2, 0) is 9.59 Å². The van der Waals surface area contributed by atoms with Gasteiger partial charge in [0.15, 0.2) is 0 Å². The second kappa shape index (κ2) is 8.00. The van der Waals surface area contributed by atoms with Gasteiger partial charge in [0.05, 0.1) is 0 Å². The molecule has 112 valence electrons. The first-order valence-corrected chi connectivity index (χ1v) is 7.24. The summed E-state index contributed by atoms with van der Waals surface area (Å²) < 4.78 is 0. The zero-order valence-corrected chi connectivity index (χ0v) is 12.6. The molecule has 0 aliphatic carbocycles. The van der Waals surface area contributed by atoms with E-state index in [0.29, 0.717) is 12.8 Å². The minimum absolute atomic E-state index is 0.0784. The van der Waals surface area contributed by atoms with Crippen LogP contribution in [0.3, 0.4) is 0 Å². The number of aliphatic carboxylic acids is 1. The number of carboxylic acids is 1. The van der Waals surface area contributed by atoms with Gasteiger partial charge in [0.25, 0.3) is 0 Å². The van der Waals surface area contributed by atoms with E-state index in [1.54, 1.807) is 0 Å². The largest absolute Gasteiger partial charge is 0.480 e. The number of hydrogen-bond acceptors (Lipinski definition) is 3. The number of hydrogen-bond donors (Lipinski definition) is 1. The molecule has 1 aliphatic rings. The highest BCUT2D eigenvalue weighted by Gasteiger charge is 2.41. The van der Waals surface area contributed by atoms with Crippen LogP contribution < -0.4 is 0 Å². The minimum atomic E-state index is -0.774. The van der Waals surface area contributed by atoms with Crippen LogP contribution in [0.15, 0.2) is 23.8 Å². The molecule has 1 heterocycles. The van der Waals surface area contributed by atoms with Crippen molar-refractivity contribution in [3.8, 4) is 0 Å². The van der Waals surface area contributed by atoms with Crippen molar-refractivity contribution < 1.29 is 14.7 Å². The van der Waals surface area contributed by atoms with Crippen molar-refractivity contribution in [2.24, 2.45) is 5.92 Å². The van der Waals surface area contributed by atoms with Crippen molar-refractivity contribution in [2.75, 3.05) is 6.54 Å². The Bertz CT molecular complexity index is 401. The Morgan fingerprint density at radius 2 is 2.20 bits per heavy atom. The zero-order chi connectivity index (χ0) is 15.1. The number of allylic oxidation sites excluding steroid dienone is 3. The second-order valence-corrected chi connectivity index (χ2v) is 5.43. The summed E-state index contributed by atoms with van der Waals surface area (Å²) in [5.41, 5.74) is 1.16. The van der Waals surface area contributed by atoms with E-state index >= 15 is 0 Å². The highest BCUT2D eigenvalue weighted by molar-refractivity contribution is 5.74. The van der Waals surface area contributed by atoms with Gasteiger partial charge >= 0.3 is 5.97 Å².